The van der Waals surface area contributed by atoms with Crippen LogP contribution in [0.2, 0.25) is 0 Å². The van der Waals surface area contributed by atoms with Gasteiger partial charge in [-0.05, 0) is 31.8 Å². The van der Waals surface area contributed by atoms with Gasteiger partial charge in [0.25, 0.3) is 0 Å². The Morgan fingerprint density at radius 1 is 1.62 bits per heavy atom. The van der Waals surface area contributed by atoms with E-state index in [0.717, 1.165) is 0 Å². The second kappa shape index (κ2) is 7.52. The highest BCUT2D eigenvalue weighted by Gasteiger charge is 2.04. The second-order valence-corrected chi connectivity index (χ2v) is 2.77. The zero-order chi connectivity index (χ0) is 12.6. The number of amides is 1. The Bertz CT molecular complexity index is 342. The average molecular weight is 245 g/mol. The summed E-state index contributed by atoms with van der Waals surface area (Å²) < 4.78 is 16.9. The minimum absolute atomic E-state index is 0.0364. The van der Waals surface area contributed by atoms with E-state index < -0.39 is 12.0 Å². The number of thiocarbonyl (C=S) groups is 1. The highest BCUT2D eigenvalue weighted by atomic mass is 32.1. The number of aliphatic imine (C=N–C) groups is 1. The van der Waals surface area contributed by atoms with Crippen LogP contribution in [0, 0.1) is 0 Å². The summed E-state index contributed by atoms with van der Waals surface area (Å²) in [6.07, 6.45) is 0.503. The number of carbonyl (C=O) groups excluding carboxylic acids is 1. The first kappa shape index (κ1) is 14.2. The van der Waals surface area contributed by atoms with Gasteiger partial charge in [-0.25, -0.2) is 9.79 Å². The number of amidine groups is 1. The maximum atomic E-state index is 12.4. The van der Waals surface area contributed by atoms with E-state index in [1.54, 1.807) is 6.92 Å². The van der Waals surface area contributed by atoms with E-state index in [1.165, 1.54) is 6.08 Å². The molecule has 0 aromatic carbocycles. The Morgan fingerprint density at radius 3 is 2.69 bits per heavy atom. The summed E-state index contributed by atoms with van der Waals surface area (Å²) in [5, 5.41) is 4.15. The SMILES string of the molecule is C=CC(=NC(=S)NC(=O)OCC)NC(=C)F. The highest BCUT2D eigenvalue weighted by Crippen LogP contribution is 1.88. The largest absolute Gasteiger partial charge is 0.450 e. The maximum absolute atomic E-state index is 12.4. The van der Waals surface area contributed by atoms with Crippen LogP contribution >= 0.6 is 12.2 Å². The molecule has 88 valence electrons. The molecule has 0 aliphatic rings. The Balaban J connectivity index is 4.37. The van der Waals surface area contributed by atoms with Crippen LogP contribution in [0.3, 0.4) is 0 Å². The fourth-order valence-electron chi connectivity index (χ4n) is 0.655. The summed E-state index contributed by atoms with van der Waals surface area (Å²) in [6, 6.07) is 0. The van der Waals surface area contributed by atoms with Crippen molar-refractivity contribution in [1.29, 1.82) is 0 Å². The lowest BCUT2D eigenvalue weighted by molar-refractivity contribution is 0.158. The minimum atomic E-state index is -0.808. The summed E-state index contributed by atoms with van der Waals surface area (Å²) in [5.41, 5.74) is 0. The smallest absolute Gasteiger partial charge is 0.413 e. The molecule has 0 spiro atoms. The fourth-order valence-corrected chi connectivity index (χ4v) is 0.837. The molecule has 0 aliphatic heterocycles. The molecule has 1 amide bonds. The molecule has 0 atom stereocenters. The lowest BCUT2D eigenvalue weighted by Crippen LogP contribution is -2.30. The van der Waals surface area contributed by atoms with E-state index >= 15 is 0 Å². The number of carbonyl (C=O) groups is 1. The average Bonchev–Trinajstić information content (AvgIpc) is 2.15. The van der Waals surface area contributed by atoms with Crippen molar-refractivity contribution in [3.63, 3.8) is 0 Å². The van der Waals surface area contributed by atoms with E-state index in [-0.39, 0.29) is 17.6 Å². The Hall–Kier alpha value is -1.76. The first-order valence-electron chi connectivity index (χ1n) is 4.29. The van der Waals surface area contributed by atoms with Crippen molar-refractivity contribution in [3.05, 3.63) is 25.2 Å². The van der Waals surface area contributed by atoms with Crippen LogP contribution in [0.4, 0.5) is 9.18 Å². The van der Waals surface area contributed by atoms with Gasteiger partial charge in [0, 0.05) is 0 Å². The van der Waals surface area contributed by atoms with Gasteiger partial charge >= 0.3 is 6.09 Å². The van der Waals surface area contributed by atoms with E-state index in [4.69, 9.17) is 12.2 Å². The number of halogens is 1. The van der Waals surface area contributed by atoms with Gasteiger partial charge in [-0.2, -0.15) is 4.39 Å². The van der Waals surface area contributed by atoms with Crippen molar-refractivity contribution in [2.75, 3.05) is 6.61 Å². The van der Waals surface area contributed by atoms with E-state index in [1.807, 2.05) is 0 Å². The predicted molar refractivity (Wildman–Crippen MR) is 63.8 cm³/mol. The molecule has 0 saturated carbocycles. The third-order valence-electron chi connectivity index (χ3n) is 1.16. The van der Waals surface area contributed by atoms with E-state index in [9.17, 15) is 9.18 Å². The number of hydrogen-bond acceptors (Lipinski definition) is 3. The fraction of sp³-hybridized carbons (Fsp3) is 0.222. The van der Waals surface area contributed by atoms with Gasteiger partial charge in [0.05, 0.1) is 6.61 Å². The minimum Gasteiger partial charge on any atom is -0.450 e. The zero-order valence-electron chi connectivity index (χ0n) is 8.75. The first-order valence-corrected chi connectivity index (χ1v) is 4.70. The van der Waals surface area contributed by atoms with Crippen molar-refractivity contribution in [2.45, 2.75) is 6.92 Å². The second-order valence-electron chi connectivity index (χ2n) is 2.38. The molecule has 0 saturated heterocycles. The lowest BCUT2D eigenvalue weighted by atomic mass is 10.5. The number of alkyl carbamates (subject to hydrolysis) is 1. The van der Waals surface area contributed by atoms with Crippen molar-refractivity contribution >= 4 is 29.3 Å². The molecule has 5 nitrogen and oxygen atoms in total. The molecular weight excluding hydrogens is 233 g/mol. The van der Waals surface area contributed by atoms with Gasteiger partial charge in [0.1, 0.15) is 5.84 Å². The van der Waals surface area contributed by atoms with Crippen LogP contribution in [-0.4, -0.2) is 23.6 Å². The molecule has 0 radical (unpaired) electrons. The summed E-state index contributed by atoms with van der Waals surface area (Å²) in [7, 11) is 0. The zero-order valence-corrected chi connectivity index (χ0v) is 9.57. The number of hydrogen-bond donors (Lipinski definition) is 2. The van der Waals surface area contributed by atoms with Crippen molar-refractivity contribution < 1.29 is 13.9 Å². The van der Waals surface area contributed by atoms with Crippen LogP contribution in [0.1, 0.15) is 6.92 Å². The van der Waals surface area contributed by atoms with Crippen molar-refractivity contribution in [2.24, 2.45) is 4.99 Å². The summed E-state index contributed by atoms with van der Waals surface area (Å²) in [5.74, 6) is -0.771. The monoisotopic (exact) mass is 245 g/mol. The molecule has 0 aromatic rings. The quantitative estimate of drug-likeness (QED) is 0.343. The van der Waals surface area contributed by atoms with Crippen molar-refractivity contribution in [3.8, 4) is 0 Å². The number of nitrogens with zero attached hydrogens (tertiary/aromatic N) is 1. The van der Waals surface area contributed by atoms with E-state index in [2.05, 4.69) is 33.5 Å². The summed E-state index contributed by atoms with van der Waals surface area (Å²) in [6.45, 7) is 8.22. The maximum Gasteiger partial charge on any atom is 0.413 e. The van der Waals surface area contributed by atoms with Gasteiger partial charge in [-0.1, -0.05) is 6.58 Å². The molecular formula is C9H12FN3O2S. The third kappa shape index (κ3) is 6.66. The Kier molecular flexibility index (Phi) is 6.69. The predicted octanol–water partition coefficient (Wildman–Crippen LogP) is 1.63. The summed E-state index contributed by atoms with van der Waals surface area (Å²) in [4.78, 5) is 14.6. The van der Waals surface area contributed by atoms with Crippen LogP contribution in [-0.2, 0) is 4.74 Å². The number of rotatable bonds is 3. The van der Waals surface area contributed by atoms with Gasteiger partial charge in [-0.15, -0.1) is 0 Å². The lowest BCUT2D eigenvalue weighted by Gasteiger charge is -2.05. The Morgan fingerprint density at radius 2 is 2.25 bits per heavy atom. The van der Waals surface area contributed by atoms with Crippen LogP contribution in [0.25, 0.3) is 0 Å². The molecule has 0 aliphatic carbocycles. The van der Waals surface area contributed by atoms with Crippen molar-refractivity contribution in [1.82, 2.24) is 10.6 Å². The van der Waals surface area contributed by atoms with Gasteiger partial charge in [-0.3, -0.25) is 5.32 Å². The highest BCUT2D eigenvalue weighted by molar-refractivity contribution is 7.80. The number of ether oxygens (including phenoxy) is 1. The third-order valence-corrected chi connectivity index (χ3v) is 1.36. The van der Waals surface area contributed by atoms with Gasteiger partial charge in [0.2, 0.25) is 5.11 Å². The van der Waals surface area contributed by atoms with Gasteiger partial charge < -0.3 is 10.1 Å². The molecule has 0 heterocycles. The molecule has 0 rings (SSSR count). The molecule has 16 heavy (non-hydrogen) atoms. The molecule has 7 heteroatoms. The standard InChI is InChI=1S/C9H12FN3O2S/c1-4-7(11-6(3)10)12-8(16)13-9(14)15-5-2/h4H,1,3,5H2,2H3,(H2,11,12,13,14,16). The van der Waals surface area contributed by atoms with Gasteiger partial charge in [0.15, 0.2) is 5.95 Å². The van der Waals surface area contributed by atoms with Crippen LogP contribution < -0.4 is 10.6 Å². The van der Waals surface area contributed by atoms with Crippen LogP contribution in [0.5, 0.6) is 0 Å². The molecule has 0 bridgehead atoms. The normalized spacial score (nSPS) is 10.2. The molecule has 0 aromatic heterocycles. The molecule has 0 fully saturated rings. The topological polar surface area (TPSA) is 62.7 Å². The Labute approximate surface area is 98.1 Å². The number of nitrogens with one attached hydrogen (secondary N) is 2. The van der Waals surface area contributed by atoms with Crippen LogP contribution in [0.15, 0.2) is 30.2 Å². The molecule has 0 unspecified atom stereocenters. The van der Waals surface area contributed by atoms with E-state index in [0.29, 0.717) is 0 Å². The molecule has 2 N–H and O–H groups in total. The first-order chi connectivity index (χ1) is 7.49. The summed E-state index contributed by atoms with van der Waals surface area (Å²) >= 11 is 4.70.